The molecule has 0 saturated carbocycles. The fourth-order valence-corrected chi connectivity index (χ4v) is 5.10. The van der Waals surface area contributed by atoms with Gasteiger partial charge in [-0.2, -0.15) is 0 Å². The van der Waals surface area contributed by atoms with Gasteiger partial charge < -0.3 is 4.84 Å². The van der Waals surface area contributed by atoms with Crippen LogP contribution in [0.2, 0.25) is 5.02 Å². The number of benzene rings is 2. The summed E-state index contributed by atoms with van der Waals surface area (Å²) in [5, 5.41) is 5.36. The summed E-state index contributed by atoms with van der Waals surface area (Å²) in [6.07, 6.45) is 2.51. The van der Waals surface area contributed by atoms with E-state index in [9.17, 15) is 0 Å². The predicted octanol–water partition coefficient (Wildman–Crippen LogP) is 4.55. The Morgan fingerprint density at radius 1 is 1.08 bits per heavy atom. The predicted molar refractivity (Wildman–Crippen MR) is 100 cm³/mol. The Labute approximate surface area is 153 Å². The number of hydrogen-bond donors (Lipinski definition) is 0. The molecule has 1 saturated heterocycles. The topological polar surface area (TPSA) is 24.8 Å². The van der Waals surface area contributed by atoms with Gasteiger partial charge in [0.05, 0.1) is 0 Å². The van der Waals surface area contributed by atoms with Crippen molar-refractivity contribution in [3.8, 4) is 0 Å². The largest absolute Gasteiger partial charge is 0.389 e. The van der Waals surface area contributed by atoms with Crippen molar-refractivity contribution in [2.75, 3.05) is 13.1 Å². The lowest BCUT2D eigenvalue weighted by molar-refractivity contribution is -0.00616. The quantitative estimate of drug-likeness (QED) is 0.792. The fraction of sp³-hybridized carbons (Fsp3) is 0.381. The molecule has 2 heterocycles. The van der Waals surface area contributed by atoms with Gasteiger partial charge in [-0.15, -0.1) is 0 Å². The first kappa shape index (κ1) is 15.4. The molecule has 0 amide bonds. The van der Waals surface area contributed by atoms with E-state index in [1.54, 1.807) is 0 Å². The van der Waals surface area contributed by atoms with Crippen LogP contribution in [0.4, 0.5) is 0 Å². The van der Waals surface area contributed by atoms with E-state index < -0.39 is 0 Å². The molecule has 2 aromatic carbocycles. The maximum Gasteiger partial charge on any atom is 0.162 e. The molecular weight excluding hydrogens is 332 g/mol. The van der Waals surface area contributed by atoms with Gasteiger partial charge in [0.2, 0.25) is 0 Å². The van der Waals surface area contributed by atoms with Gasteiger partial charge in [-0.1, -0.05) is 60.1 Å². The molecule has 1 fully saturated rings. The normalized spacial score (nSPS) is 30.7. The average Bonchev–Trinajstić information content (AvgIpc) is 3.33. The highest BCUT2D eigenvalue weighted by atomic mass is 35.5. The zero-order chi connectivity index (χ0) is 17.0. The number of fused-ring (bicyclic) bond motifs is 3. The van der Waals surface area contributed by atoms with Gasteiger partial charge in [0.15, 0.2) is 6.10 Å². The number of halogens is 1. The third kappa shape index (κ3) is 2.00. The van der Waals surface area contributed by atoms with Crippen LogP contribution in [-0.4, -0.2) is 29.8 Å². The minimum Gasteiger partial charge on any atom is -0.389 e. The van der Waals surface area contributed by atoms with Crippen LogP contribution < -0.4 is 0 Å². The molecule has 0 aromatic heterocycles. The standard InChI is InChI=1S/C21H21ClN2O/c1-14-17-6-2-3-7-18(17)21(24-12-4-5-13-24)19(23-25-20(14)21)15-8-10-16(22)11-9-15/h2-3,6-11,14,20H,4-5,12-13H2,1H3/t14-,20+,21-/m0/s1. The molecular formula is C21H21ClN2O. The summed E-state index contributed by atoms with van der Waals surface area (Å²) in [5.41, 5.74) is 4.61. The highest BCUT2D eigenvalue weighted by Crippen LogP contribution is 2.55. The number of oxime groups is 1. The summed E-state index contributed by atoms with van der Waals surface area (Å²) >= 11 is 6.11. The maximum atomic E-state index is 6.11. The van der Waals surface area contributed by atoms with Crippen molar-refractivity contribution >= 4 is 17.3 Å². The zero-order valence-corrected chi connectivity index (χ0v) is 15.0. The number of nitrogens with zero attached hydrogens (tertiary/aromatic N) is 2. The lowest BCUT2D eigenvalue weighted by Crippen LogP contribution is -2.54. The van der Waals surface area contributed by atoms with E-state index >= 15 is 0 Å². The second kappa shape index (κ2) is 5.58. The highest BCUT2D eigenvalue weighted by molar-refractivity contribution is 6.30. The van der Waals surface area contributed by atoms with Gasteiger partial charge in [0.1, 0.15) is 11.3 Å². The molecule has 128 valence electrons. The molecule has 1 aliphatic carbocycles. The van der Waals surface area contributed by atoms with Crippen molar-refractivity contribution in [2.45, 2.75) is 37.3 Å². The number of hydrogen-bond acceptors (Lipinski definition) is 3. The molecule has 4 heteroatoms. The maximum absolute atomic E-state index is 6.11. The van der Waals surface area contributed by atoms with Gasteiger partial charge in [0.25, 0.3) is 0 Å². The summed E-state index contributed by atoms with van der Waals surface area (Å²) in [4.78, 5) is 8.70. The zero-order valence-electron chi connectivity index (χ0n) is 14.3. The van der Waals surface area contributed by atoms with E-state index in [1.165, 1.54) is 24.0 Å². The van der Waals surface area contributed by atoms with Crippen LogP contribution in [0.15, 0.2) is 53.7 Å². The van der Waals surface area contributed by atoms with Crippen molar-refractivity contribution in [3.63, 3.8) is 0 Å². The molecule has 3 nitrogen and oxygen atoms in total. The summed E-state index contributed by atoms with van der Waals surface area (Å²) in [7, 11) is 0. The van der Waals surface area contributed by atoms with Crippen molar-refractivity contribution in [1.82, 2.24) is 4.90 Å². The van der Waals surface area contributed by atoms with E-state index in [4.69, 9.17) is 16.4 Å². The first-order valence-electron chi connectivity index (χ1n) is 9.07. The summed E-state index contributed by atoms with van der Waals surface area (Å²) in [5.74, 6) is 0.324. The van der Waals surface area contributed by atoms with Crippen molar-refractivity contribution in [1.29, 1.82) is 0 Å². The summed E-state index contributed by atoms with van der Waals surface area (Å²) < 4.78 is 0. The van der Waals surface area contributed by atoms with E-state index in [-0.39, 0.29) is 11.6 Å². The second-order valence-electron chi connectivity index (χ2n) is 7.31. The Hall–Kier alpha value is -1.84. The SMILES string of the molecule is C[C@H]1c2ccccc2[C@]2(N3CCCC3)C(c3ccc(Cl)cc3)=NO[C@H]12. The second-order valence-corrected chi connectivity index (χ2v) is 7.75. The van der Waals surface area contributed by atoms with Crippen molar-refractivity contribution < 1.29 is 4.84 Å². The van der Waals surface area contributed by atoms with Gasteiger partial charge in [-0.3, -0.25) is 4.90 Å². The molecule has 2 aromatic rings. The Balaban J connectivity index is 1.74. The molecule has 0 bridgehead atoms. The molecule has 3 aliphatic rings. The minimum absolute atomic E-state index is 0.0358. The van der Waals surface area contributed by atoms with Gasteiger partial charge in [-0.25, -0.2) is 0 Å². The molecule has 0 N–H and O–H groups in total. The van der Waals surface area contributed by atoms with E-state index in [0.29, 0.717) is 5.92 Å². The molecule has 3 atom stereocenters. The first-order valence-corrected chi connectivity index (χ1v) is 9.45. The molecule has 0 spiro atoms. The summed E-state index contributed by atoms with van der Waals surface area (Å²) in [6, 6.07) is 16.8. The lowest BCUT2D eigenvalue weighted by Gasteiger charge is -2.39. The van der Waals surface area contributed by atoms with Crippen LogP contribution in [-0.2, 0) is 10.4 Å². The minimum atomic E-state index is -0.277. The van der Waals surface area contributed by atoms with E-state index in [2.05, 4.69) is 53.4 Å². The smallest absolute Gasteiger partial charge is 0.162 e. The summed E-state index contributed by atoms with van der Waals surface area (Å²) in [6.45, 7) is 4.45. The van der Waals surface area contributed by atoms with Crippen LogP contribution in [0.3, 0.4) is 0 Å². The number of likely N-dealkylation sites (tertiary alicyclic amines) is 1. The lowest BCUT2D eigenvalue weighted by atomic mass is 9.80. The average molecular weight is 353 g/mol. The fourth-order valence-electron chi connectivity index (χ4n) is 4.98. The van der Waals surface area contributed by atoms with Gasteiger partial charge in [-0.05, 0) is 49.2 Å². The van der Waals surface area contributed by atoms with Crippen LogP contribution >= 0.6 is 11.6 Å². The van der Waals surface area contributed by atoms with Crippen LogP contribution in [0.1, 0.15) is 42.4 Å². The molecule has 0 unspecified atom stereocenters. The Kier molecular flexibility index (Phi) is 3.44. The van der Waals surface area contributed by atoms with Crippen LogP contribution in [0.5, 0.6) is 0 Å². The molecule has 0 radical (unpaired) electrons. The number of rotatable bonds is 2. The molecule has 2 aliphatic heterocycles. The van der Waals surface area contributed by atoms with Gasteiger partial charge in [0, 0.05) is 16.5 Å². The molecule has 5 rings (SSSR count). The highest BCUT2D eigenvalue weighted by Gasteiger charge is 2.62. The van der Waals surface area contributed by atoms with Crippen molar-refractivity contribution in [3.05, 3.63) is 70.2 Å². The third-order valence-electron chi connectivity index (χ3n) is 6.07. The third-order valence-corrected chi connectivity index (χ3v) is 6.32. The van der Waals surface area contributed by atoms with Crippen LogP contribution in [0.25, 0.3) is 0 Å². The Bertz CT molecular complexity index is 841. The van der Waals surface area contributed by atoms with E-state index in [1.807, 2.05) is 12.1 Å². The monoisotopic (exact) mass is 352 g/mol. The Morgan fingerprint density at radius 2 is 1.80 bits per heavy atom. The van der Waals surface area contributed by atoms with Crippen LogP contribution in [0, 0.1) is 0 Å². The first-order chi connectivity index (χ1) is 12.2. The van der Waals surface area contributed by atoms with Crippen molar-refractivity contribution in [2.24, 2.45) is 5.16 Å². The Morgan fingerprint density at radius 3 is 2.56 bits per heavy atom. The van der Waals surface area contributed by atoms with Gasteiger partial charge >= 0.3 is 0 Å². The van der Waals surface area contributed by atoms with E-state index in [0.717, 1.165) is 29.4 Å². The molecule has 25 heavy (non-hydrogen) atoms.